The highest BCUT2D eigenvalue weighted by Gasteiger charge is 2.58. The number of carbonyl (C=O) groups is 3. The molecule has 0 unspecified atom stereocenters. The molecule has 3 atom stereocenters. The zero-order valence-electron chi connectivity index (χ0n) is 14.9. The zero-order chi connectivity index (χ0) is 18.3. The summed E-state index contributed by atoms with van der Waals surface area (Å²) in [7, 11) is 0. The van der Waals surface area contributed by atoms with Crippen LogP contribution in [0.5, 0.6) is 0 Å². The number of alkyl carbamates (subject to hydrolysis) is 1. The number of nitrogens with two attached hydrogens (primary N) is 1. The molecule has 0 saturated carbocycles. The van der Waals surface area contributed by atoms with E-state index >= 15 is 0 Å². The maximum atomic E-state index is 13.1. The largest absolute Gasteiger partial charge is 0.444 e. The maximum Gasteiger partial charge on any atom is 0.408 e. The van der Waals surface area contributed by atoms with E-state index in [2.05, 4.69) is 5.32 Å². The highest BCUT2D eigenvalue weighted by molar-refractivity contribution is 8.00. The van der Waals surface area contributed by atoms with Crippen LogP contribution < -0.4 is 11.1 Å². The van der Waals surface area contributed by atoms with E-state index in [4.69, 9.17) is 10.5 Å². The quantitative estimate of drug-likeness (QED) is 0.793. The van der Waals surface area contributed by atoms with Gasteiger partial charge < -0.3 is 20.7 Å². The summed E-state index contributed by atoms with van der Waals surface area (Å²) < 4.78 is 5.33. The van der Waals surface area contributed by atoms with Gasteiger partial charge in [-0.25, -0.2) is 4.79 Å². The minimum absolute atomic E-state index is 0.135. The third-order valence-electron chi connectivity index (χ3n) is 4.08. The smallest absolute Gasteiger partial charge is 0.408 e. The van der Waals surface area contributed by atoms with Gasteiger partial charge in [0, 0.05) is 12.2 Å². The highest BCUT2D eigenvalue weighted by atomic mass is 32.2. The number of nitrogens with zero attached hydrogens (tertiary/aromatic N) is 1. The molecule has 2 aliphatic rings. The van der Waals surface area contributed by atoms with Gasteiger partial charge in [-0.1, -0.05) is 13.8 Å². The van der Waals surface area contributed by atoms with Crippen LogP contribution in [0, 0.1) is 5.92 Å². The first kappa shape index (κ1) is 18.9. The second-order valence-electron chi connectivity index (χ2n) is 7.93. The summed E-state index contributed by atoms with van der Waals surface area (Å²) in [5.74, 6) is -0.0339. The van der Waals surface area contributed by atoms with Gasteiger partial charge in [0.2, 0.25) is 11.8 Å². The summed E-state index contributed by atoms with van der Waals surface area (Å²) in [5, 5.41) is 2.66. The van der Waals surface area contributed by atoms with E-state index in [0.29, 0.717) is 18.6 Å². The monoisotopic (exact) mass is 357 g/mol. The summed E-state index contributed by atoms with van der Waals surface area (Å²) in [6.45, 7) is 9.31. The normalized spacial score (nSPS) is 29.8. The molecule has 0 spiro atoms. The lowest BCUT2D eigenvalue weighted by Crippen LogP contribution is -2.57. The number of nitrogens with one attached hydrogen (secondary N) is 1. The number of fused-ring (bicyclic) bond motifs is 1. The van der Waals surface area contributed by atoms with Crippen molar-refractivity contribution in [2.75, 3.05) is 5.75 Å². The molecule has 2 heterocycles. The van der Waals surface area contributed by atoms with Crippen molar-refractivity contribution in [2.45, 2.75) is 70.0 Å². The number of primary amides is 1. The van der Waals surface area contributed by atoms with Crippen molar-refractivity contribution in [3.05, 3.63) is 0 Å². The van der Waals surface area contributed by atoms with Crippen LogP contribution in [0.15, 0.2) is 0 Å². The Bertz CT molecular complexity index is 546. The van der Waals surface area contributed by atoms with Gasteiger partial charge in [0.15, 0.2) is 0 Å². The van der Waals surface area contributed by atoms with Gasteiger partial charge in [0.05, 0.1) is 5.37 Å². The molecule has 0 aliphatic carbocycles. The van der Waals surface area contributed by atoms with Gasteiger partial charge in [-0.2, -0.15) is 0 Å². The Hall–Kier alpha value is -1.44. The van der Waals surface area contributed by atoms with E-state index in [1.54, 1.807) is 25.7 Å². The van der Waals surface area contributed by atoms with Gasteiger partial charge >= 0.3 is 6.09 Å². The van der Waals surface area contributed by atoms with E-state index < -0.39 is 29.2 Å². The lowest BCUT2D eigenvalue weighted by molar-refractivity contribution is -0.139. The van der Waals surface area contributed by atoms with Crippen LogP contribution in [0.25, 0.3) is 0 Å². The third-order valence-corrected chi connectivity index (χ3v) is 5.37. The Morgan fingerprint density at radius 2 is 2.08 bits per heavy atom. The van der Waals surface area contributed by atoms with Crippen LogP contribution in [0.4, 0.5) is 4.79 Å². The Balaban J connectivity index is 2.25. The predicted octanol–water partition coefficient (Wildman–Crippen LogP) is 1.46. The second-order valence-corrected chi connectivity index (χ2v) is 9.14. The summed E-state index contributed by atoms with van der Waals surface area (Å²) in [6, 6.07) is -0.609. The van der Waals surface area contributed by atoms with Crippen molar-refractivity contribution in [1.82, 2.24) is 10.2 Å². The first-order valence-electron chi connectivity index (χ1n) is 8.20. The SMILES string of the molecule is CC(C)C[C@@]1(NC(=O)OC(C)(C)C)C[C@H]2SC[C@H](C(N)=O)N2C1=O. The zero-order valence-corrected chi connectivity index (χ0v) is 15.7. The molecule has 2 aliphatic heterocycles. The topological polar surface area (TPSA) is 102 Å². The molecule has 2 rings (SSSR count). The summed E-state index contributed by atoms with van der Waals surface area (Å²) in [5.41, 5.74) is 3.75. The van der Waals surface area contributed by atoms with Crippen molar-refractivity contribution in [2.24, 2.45) is 11.7 Å². The molecule has 0 aromatic heterocycles. The molecule has 8 heteroatoms. The van der Waals surface area contributed by atoms with E-state index in [1.807, 2.05) is 13.8 Å². The van der Waals surface area contributed by atoms with E-state index in [-0.39, 0.29) is 17.2 Å². The van der Waals surface area contributed by atoms with Crippen LogP contribution in [-0.4, -0.2) is 51.1 Å². The van der Waals surface area contributed by atoms with E-state index in [1.165, 1.54) is 11.8 Å². The fourth-order valence-corrected chi connectivity index (χ4v) is 4.90. The fourth-order valence-electron chi connectivity index (χ4n) is 3.37. The molecule has 2 fully saturated rings. The molecule has 2 saturated heterocycles. The van der Waals surface area contributed by atoms with Crippen molar-refractivity contribution in [1.29, 1.82) is 0 Å². The molecule has 0 radical (unpaired) electrons. The fraction of sp³-hybridized carbons (Fsp3) is 0.812. The van der Waals surface area contributed by atoms with Crippen LogP contribution in [0.3, 0.4) is 0 Å². The summed E-state index contributed by atoms with van der Waals surface area (Å²) >= 11 is 1.53. The third kappa shape index (κ3) is 3.79. The van der Waals surface area contributed by atoms with Gasteiger partial charge in [-0.15, -0.1) is 11.8 Å². The molecule has 136 valence electrons. The van der Waals surface area contributed by atoms with Crippen molar-refractivity contribution in [3.8, 4) is 0 Å². The number of hydrogen-bond acceptors (Lipinski definition) is 5. The molecule has 24 heavy (non-hydrogen) atoms. The number of thioether (sulfide) groups is 1. The number of amides is 3. The molecular formula is C16H27N3O4S. The molecule has 3 N–H and O–H groups in total. The lowest BCUT2D eigenvalue weighted by atomic mass is 9.87. The van der Waals surface area contributed by atoms with Crippen molar-refractivity contribution < 1.29 is 19.1 Å². The molecule has 3 amide bonds. The van der Waals surface area contributed by atoms with Crippen LogP contribution >= 0.6 is 11.8 Å². The molecular weight excluding hydrogens is 330 g/mol. The Morgan fingerprint density at radius 1 is 1.46 bits per heavy atom. The second kappa shape index (κ2) is 6.46. The highest BCUT2D eigenvalue weighted by Crippen LogP contribution is 2.44. The van der Waals surface area contributed by atoms with Crippen molar-refractivity contribution in [3.63, 3.8) is 0 Å². The van der Waals surface area contributed by atoms with Crippen LogP contribution in [-0.2, 0) is 14.3 Å². The molecule has 0 bridgehead atoms. The Morgan fingerprint density at radius 3 is 2.58 bits per heavy atom. The summed E-state index contributed by atoms with van der Waals surface area (Å²) in [4.78, 5) is 38.6. The first-order chi connectivity index (χ1) is 10.9. The molecule has 0 aromatic rings. The Labute approximate surface area is 147 Å². The van der Waals surface area contributed by atoms with Gasteiger partial charge in [0.1, 0.15) is 17.2 Å². The van der Waals surface area contributed by atoms with Gasteiger partial charge in [0.25, 0.3) is 0 Å². The number of hydrogen-bond donors (Lipinski definition) is 2. The Kier molecular flexibility index (Phi) is 5.09. The van der Waals surface area contributed by atoms with Crippen LogP contribution in [0.2, 0.25) is 0 Å². The van der Waals surface area contributed by atoms with Crippen LogP contribution in [0.1, 0.15) is 47.5 Å². The van der Waals surface area contributed by atoms with E-state index in [0.717, 1.165) is 0 Å². The average molecular weight is 357 g/mol. The summed E-state index contributed by atoms with van der Waals surface area (Å²) in [6.07, 6.45) is 0.334. The minimum atomic E-state index is -1.04. The molecule has 7 nitrogen and oxygen atoms in total. The van der Waals surface area contributed by atoms with Gasteiger partial charge in [-0.3, -0.25) is 9.59 Å². The number of carbonyl (C=O) groups excluding carboxylic acids is 3. The van der Waals surface area contributed by atoms with E-state index in [9.17, 15) is 14.4 Å². The van der Waals surface area contributed by atoms with Gasteiger partial charge in [-0.05, 0) is 33.1 Å². The minimum Gasteiger partial charge on any atom is -0.444 e. The lowest BCUT2D eigenvalue weighted by Gasteiger charge is -2.32. The standard InChI is InChI=1S/C16H27N3O4S/c1-9(2)6-16(18-14(22)23-15(3,4)5)7-11-19(13(16)21)10(8-24-11)12(17)20/h9-11H,6-8H2,1-5H3,(H2,17,20)(H,18,22)/t10-,11-,16-/m1/s1. The van der Waals surface area contributed by atoms with Crippen molar-refractivity contribution >= 4 is 29.7 Å². The maximum absolute atomic E-state index is 13.1. The average Bonchev–Trinajstić information content (AvgIpc) is 2.86. The number of ether oxygens (including phenoxy) is 1. The molecule has 0 aromatic carbocycles. The predicted molar refractivity (Wildman–Crippen MR) is 92.2 cm³/mol. The first-order valence-corrected chi connectivity index (χ1v) is 9.25. The number of rotatable bonds is 4.